The summed E-state index contributed by atoms with van der Waals surface area (Å²) in [6, 6.07) is 5.99. The average Bonchev–Trinajstić information content (AvgIpc) is 2.65. The molecule has 1 aliphatic heterocycles. The van der Waals surface area contributed by atoms with E-state index in [4.69, 9.17) is 5.73 Å². The molecule has 1 aliphatic rings. The van der Waals surface area contributed by atoms with Crippen molar-refractivity contribution in [1.29, 1.82) is 0 Å². The van der Waals surface area contributed by atoms with Crippen molar-refractivity contribution in [3.63, 3.8) is 0 Å². The van der Waals surface area contributed by atoms with Crippen LogP contribution in [-0.2, 0) is 6.54 Å². The Labute approximate surface area is 132 Å². The van der Waals surface area contributed by atoms with E-state index in [-0.39, 0.29) is 24.0 Å². The van der Waals surface area contributed by atoms with Crippen LogP contribution in [0.1, 0.15) is 37.1 Å². The molecule has 0 radical (unpaired) electrons. The van der Waals surface area contributed by atoms with Crippen LogP contribution in [0.4, 0.5) is 0 Å². The van der Waals surface area contributed by atoms with Crippen LogP contribution in [0.5, 0.6) is 0 Å². The first-order valence-electron chi connectivity index (χ1n) is 6.73. The maximum absolute atomic E-state index is 6.05. The molecule has 2 rings (SSSR count). The number of nitrogens with zero attached hydrogens (tertiary/aromatic N) is 3. The molecule has 1 aromatic heterocycles. The second kappa shape index (κ2) is 8.35. The highest BCUT2D eigenvalue weighted by molar-refractivity contribution is 14.0. The molecular weight excluding hydrogens is 351 g/mol. The van der Waals surface area contributed by atoms with Gasteiger partial charge in [-0.3, -0.25) is 4.98 Å². The van der Waals surface area contributed by atoms with Crippen LogP contribution >= 0.6 is 24.0 Å². The molecule has 5 heteroatoms. The predicted molar refractivity (Wildman–Crippen MR) is 89.8 cm³/mol. The molecule has 1 fully saturated rings. The second-order valence-electron chi connectivity index (χ2n) is 4.85. The van der Waals surface area contributed by atoms with Crippen LogP contribution in [0, 0.1) is 6.92 Å². The third-order valence-corrected chi connectivity index (χ3v) is 3.28. The van der Waals surface area contributed by atoms with E-state index in [0.717, 1.165) is 24.5 Å². The average molecular weight is 374 g/mol. The minimum Gasteiger partial charge on any atom is -0.370 e. The zero-order valence-electron chi connectivity index (χ0n) is 11.5. The number of aliphatic imine (C=N–C) groups is 1. The third-order valence-electron chi connectivity index (χ3n) is 3.28. The summed E-state index contributed by atoms with van der Waals surface area (Å²) in [5, 5.41) is 0. The van der Waals surface area contributed by atoms with Crippen LogP contribution in [-0.4, -0.2) is 28.9 Å². The van der Waals surface area contributed by atoms with Crippen molar-refractivity contribution in [2.45, 2.75) is 39.2 Å². The number of pyridine rings is 1. The zero-order chi connectivity index (χ0) is 12.8. The van der Waals surface area contributed by atoms with Crippen molar-refractivity contribution >= 4 is 29.9 Å². The lowest BCUT2D eigenvalue weighted by molar-refractivity contribution is 0.428. The Bertz CT molecular complexity index is 412. The number of hydrogen-bond donors (Lipinski definition) is 1. The minimum absolute atomic E-state index is 0. The third kappa shape index (κ3) is 5.34. The summed E-state index contributed by atoms with van der Waals surface area (Å²) in [5.41, 5.74) is 8.06. The summed E-state index contributed by atoms with van der Waals surface area (Å²) >= 11 is 0. The number of hydrogen-bond acceptors (Lipinski definition) is 2. The summed E-state index contributed by atoms with van der Waals surface area (Å²) in [6.45, 7) is 4.64. The smallest absolute Gasteiger partial charge is 0.191 e. The van der Waals surface area contributed by atoms with Gasteiger partial charge in [0, 0.05) is 18.8 Å². The molecule has 0 aliphatic carbocycles. The van der Waals surface area contributed by atoms with E-state index < -0.39 is 0 Å². The normalized spacial score (nSPS) is 16.7. The fraction of sp³-hybridized carbons (Fsp3) is 0.571. The fourth-order valence-corrected chi connectivity index (χ4v) is 2.25. The largest absolute Gasteiger partial charge is 0.370 e. The topological polar surface area (TPSA) is 54.5 Å². The molecule has 106 valence electrons. The lowest BCUT2D eigenvalue weighted by atomic mass is 10.2. The maximum Gasteiger partial charge on any atom is 0.191 e. The van der Waals surface area contributed by atoms with Crippen molar-refractivity contribution in [1.82, 2.24) is 9.88 Å². The Morgan fingerprint density at radius 1 is 1.26 bits per heavy atom. The summed E-state index contributed by atoms with van der Waals surface area (Å²) in [5.74, 6) is 0.667. The standard InChI is InChI=1S/C14H22N4.HI/c1-12-7-6-8-13(17-12)11-16-14(15)18-9-4-2-3-5-10-18;/h6-8H,2-5,9-11H2,1H3,(H2,15,16);1H. The molecule has 0 spiro atoms. The van der Waals surface area contributed by atoms with Gasteiger partial charge in [0.25, 0.3) is 0 Å². The highest BCUT2D eigenvalue weighted by Gasteiger charge is 2.10. The molecule has 0 bridgehead atoms. The first kappa shape index (κ1) is 16.2. The van der Waals surface area contributed by atoms with Crippen LogP contribution in [0.25, 0.3) is 0 Å². The van der Waals surface area contributed by atoms with E-state index >= 15 is 0 Å². The Morgan fingerprint density at radius 3 is 2.58 bits per heavy atom. The number of likely N-dealkylation sites (tertiary alicyclic amines) is 1. The zero-order valence-corrected chi connectivity index (χ0v) is 13.8. The number of nitrogens with two attached hydrogens (primary N) is 1. The van der Waals surface area contributed by atoms with E-state index in [2.05, 4.69) is 14.9 Å². The molecule has 4 nitrogen and oxygen atoms in total. The summed E-state index contributed by atoms with van der Waals surface area (Å²) in [6.07, 6.45) is 5.06. The van der Waals surface area contributed by atoms with Gasteiger partial charge in [-0.25, -0.2) is 4.99 Å². The minimum atomic E-state index is 0. The van der Waals surface area contributed by atoms with E-state index in [1.54, 1.807) is 0 Å². The highest BCUT2D eigenvalue weighted by atomic mass is 127. The summed E-state index contributed by atoms with van der Waals surface area (Å²) < 4.78 is 0. The number of aromatic nitrogens is 1. The van der Waals surface area contributed by atoms with Crippen LogP contribution < -0.4 is 5.73 Å². The summed E-state index contributed by atoms with van der Waals surface area (Å²) in [7, 11) is 0. The number of halogens is 1. The first-order valence-corrected chi connectivity index (χ1v) is 6.73. The second-order valence-corrected chi connectivity index (χ2v) is 4.85. The quantitative estimate of drug-likeness (QED) is 0.492. The molecule has 0 unspecified atom stereocenters. The van der Waals surface area contributed by atoms with Crippen LogP contribution in [0.2, 0.25) is 0 Å². The van der Waals surface area contributed by atoms with Crippen LogP contribution in [0.15, 0.2) is 23.2 Å². The molecule has 0 amide bonds. The predicted octanol–water partition coefficient (Wildman–Crippen LogP) is 2.70. The number of rotatable bonds is 2. The fourth-order valence-electron chi connectivity index (χ4n) is 2.25. The lowest BCUT2D eigenvalue weighted by Gasteiger charge is -2.21. The number of aryl methyl sites for hydroxylation is 1. The van der Waals surface area contributed by atoms with Gasteiger partial charge in [-0.2, -0.15) is 0 Å². The Kier molecular flexibility index (Phi) is 7.12. The van der Waals surface area contributed by atoms with Gasteiger partial charge in [-0.1, -0.05) is 18.9 Å². The molecule has 0 aromatic carbocycles. The first-order chi connectivity index (χ1) is 8.75. The van der Waals surface area contributed by atoms with Gasteiger partial charge in [0.2, 0.25) is 0 Å². The Morgan fingerprint density at radius 2 is 1.95 bits per heavy atom. The van der Waals surface area contributed by atoms with Gasteiger partial charge in [0.1, 0.15) is 0 Å². The van der Waals surface area contributed by atoms with E-state index in [1.165, 1.54) is 25.7 Å². The van der Waals surface area contributed by atoms with Gasteiger partial charge in [-0.15, -0.1) is 24.0 Å². The molecule has 1 aromatic rings. The van der Waals surface area contributed by atoms with E-state index in [0.29, 0.717) is 12.5 Å². The van der Waals surface area contributed by atoms with Crippen LogP contribution in [0.3, 0.4) is 0 Å². The van der Waals surface area contributed by atoms with Gasteiger partial charge in [-0.05, 0) is 31.9 Å². The van der Waals surface area contributed by atoms with E-state index in [9.17, 15) is 0 Å². The highest BCUT2D eigenvalue weighted by Crippen LogP contribution is 2.09. The molecule has 0 saturated carbocycles. The van der Waals surface area contributed by atoms with Crippen molar-refractivity contribution in [3.05, 3.63) is 29.6 Å². The SMILES string of the molecule is Cc1cccc(CN=C(N)N2CCCCCC2)n1.I. The Hall–Kier alpha value is -0.850. The molecule has 1 saturated heterocycles. The van der Waals surface area contributed by atoms with Gasteiger partial charge < -0.3 is 10.6 Å². The maximum atomic E-state index is 6.05. The van der Waals surface area contributed by atoms with Gasteiger partial charge in [0.15, 0.2) is 5.96 Å². The molecule has 2 heterocycles. The lowest BCUT2D eigenvalue weighted by Crippen LogP contribution is -2.38. The molecule has 19 heavy (non-hydrogen) atoms. The van der Waals surface area contributed by atoms with Crippen molar-refractivity contribution in [3.8, 4) is 0 Å². The van der Waals surface area contributed by atoms with Gasteiger partial charge in [0.05, 0.1) is 12.2 Å². The summed E-state index contributed by atoms with van der Waals surface area (Å²) in [4.78, 5) is 11.1. The van der Waals surface area contributed by atoms with E-state index in [1.807, 2.05) is 25.1 Å². The van der Waals surface area contributed by atoms with Crippen molar-refractivity contribution < 1.29 is 0 Å². The molecule has 2 N–H and O–H groups in total. The van der Waals surface area contributed by atoms with Crippen molar-refractivity contribution in [2.24, 2.45) is 10.7 Å². The Balaban J connectivity index is 0.00000180. The monoisotopic (exact) mass is 374 g/mol. The molecular formula is C14H23IN4. The van der Waals surface area contributed by atoms with Gasteiger partial charge >= 0.3 is 0 Å². The molecule has 0 atom stereocenters. The van der Waals surface area contributed by atoms with Crippen molar-refractivity contribution in [2.75, 3.05) is 13.1 Å². The number of guanidine groups is 1.